The number of hydrogen-bond acceptors (Lipinski definition) is 3. The zero-order valence-corrected chi connectivity index (χ0v) is 11.0. The second-order valence-electron chi connectivity index (χ2n) is 4.31. The van der Waals surface area contributed by atoms with Crippen molar-refractivity contribution < 1.29 is 9.59 Å². The Labute approximate surface area is 112 Å². The number of carbonyl (C=O) groups is 2. The molecule has 1 aromatic carbocycles. The maximum Gasteiger partial charge on any atom is 0.252 e. The monoisotopic (exact) mass is 264 g/mol. The Kier molecular flexibility index (Phi) is 3.92. The van der Waals surface area contributed by atoms with Gasteiger partial charge in [0, 0.05) is 37.4 Å². The molecule has 1 amide bonds. The highest BCUT2D eigenvalue weighted by molar-refractivity contribution is 6.67. The Morgan fingerprint density at radius 3 is 2.06 bits per heavy atom. The van der Waals surface area contributed by atoms with Crippen molar-refractivity contribution in [3.8, 4) is 0 Å². The lowest BCUT2D eigenvalue weighted by Crippen LogP contribution is -2.48. The van der Waals surface area contributed by atoms with Crippen LogP contribution in [0.25, 0.3) is 0 Å². The van der Waals surface area contributed by atoms with Crippen molar-refractivity contribution in [2.45, 2.75) is 0 Å². The zero-order chi connectivity index (χ0) is 13.1. The first-order valence-electron chi connectivity index (χ1n) is 5.88. The van der Waals surface area contributed by atoms with Gasteiger partial charge < -0.3 is 9.80 Å². The molecule has 2 rings (SSSR count). The fraction of sp³-hybridized carbons (Fsp3) is 0.333. The molecule has 1 aliphatic heterocycles. The number of carbonyl (C=O) groups excluding carboxylic acids is 2. The number of piperazine rings is 1. The van der Waals surface area contributed by atoms with E-state index in [0.29, 0.717) is 5.56 Å². The molecule has 1 fully saturated rings. The Balaban J connectivity index is 2.01. The number of amides is 1. The molecule has 0 N–H and O–H groups in total. The van der Waals surface area contributed by atoms with Gasteiger partial charge in [0.2, 0.25) is 7.85 Å². The maximum absolute atomic E-state index is 11.2. The molecule has 0 saturated carbocycles. The van der Waals surface area contributed by atoms with Crippen LogP contribution in [0.4, 0.5) is 10.5 Å². The molecule has 1 aromatic rings. The summed E-state index contributed by atoms with van der Waals surface area (Å²) in [5, 5.41) is -0.442. The summed E-state index contributed by atoms with van der Waals surface area (Å²) in [7, 11) is 1.59. The molecule has 1 saturated heterocycles. The molecular weight excluding hydrogens is 250 g/mol. The largest absolute Gasteiger partial charge is 0.368 e. The molecule has 0 radical (unpaired) electrons. The summed E-state index contributed by atoms with van der Waals surface area (Å²) in [5.41, 5.74) is 1.56. The van der Waals surface area contributed by atoms with Crippen molar-refractivity contribution in [2.75, 3.05) is 31.1 Å². The Bertz CT molecular complexity index is 456. The van der Waals surface area contributed by atoms with Gasteiger partial charge in [0.15, 0.2) is 5.81 Å². The lowest BCUT2D eigenvalue weighted by molar-refractivity contribution is 0.108. The van der Waals surface area contributed by atoms with Crippen LogP contribution in [0, 0.1) is 0 Å². The third kappa shape index (κ3) is 2.85. The first-order chi connectivity index (χ1) is 8.58. The van der Waals surface area contributed by atoms with Gasteiger partial charge in [-0.3, -0.25) is 9.59 Å². The van der Waals surface area contributed by atoms with Crippen LogP contribution in [0.1, 0.15) is 10.4 Å². The summed E-state index contributed by atoms with van der Waals surface area (Å²) >= 11 is 5.40. The minimum absolute atomic E-state index is 0.123. The summed E-state index contributed by atoms with van der Waals surface area (Å²) in [6.07, 6.45) is 0. The molecule has 0 bridgehead atoms. The van der Waals surface area contributed by atoms with Gasteiger partial charge >= 0.3 is 0 Å². The number of halogens is 1. The summed E-state index contributed by atoms with van der Waals surface area (Å²) in [6, 6.07) is 7.22. The van der Waals surface area contributed by atoms with Crippen molar-refractivity contribution in [3.63, 3.8) is 0 Å². The summed E-state index contributed by atoms with van der Waals surface area (Å²) in [5.74, 6) is 0.123. The van der Waals surface area contributed by atoms with Gasteiger partial charge in [0.1, 0.15) is 0 Å². The average molecular weight is 265 g/mol. The van der Waals surface area contributed by atoms with Crippen molar-refractivity contribution >= 4 is 36.2 Å². The van der Waals surface area contributed by atoms with E-state index in [1.54, 1.807) is 20.0 Å². The number of anilines is 1. The van der Waals surface area contributed by atoms with Crippen molar-refractivity contribution in [3.05, 3.63) is 29.8 Å². The summed E-state index contributed by atoms with van der Waals surface area (Å²) in [4.78, 5) is 26.2. The summed E-state index contributed by atoms with van der Waals surface area (Å²) in [6.45, 7) is 3.11. The number of hydrogen-bond donors (Lipinski definition) is 0. The number of benzene rings is 1. The fourth-order valence-electron chi connectivity index (χ4n) is 2.08. The van der Waals surface area contributed by atoms with Crippen molar-refractivity contribution in [2.24, 2.45) is 0 Å². The van der Waals surface area contributed by atoms with Gasteiger partial charge in [0.05, 0.1) is 0 Å². The molecule has 0 aromatic heterocycles. The predicted molar refractivity (Wildman–Crippen MR) is 74.4 cm³/mol. The SMILES string of the molecule is BC(=O)N1CCN(c2ccc(C(=O)Cl)cc2)CC1. The van der Waals surface area contributed by atoms with Crippen LogP contribution < -0.4 is 4.90 Å². The van der Waals surface area contributed by atoms with E-state index < -0.39 is 5.24 Å². The van der Waals surface area contributed by atoms with Gasteiger partial charge in [-0.1, -0.05) is 0 Å². The highest BCUT2D eigenvalue weighted by Crippen LogP contribution is 2.18. The molecule has 1 aliphatic rings. The minimum Gasteiger partial charge on any atom is -0.368 e. The average Bonchev–Trinajstić information content (AvgIpc) is 2.39. The highest BCUT2D eigenvalue weighted by atomic mass is 35.5. The number of nitrogens with zero attached hydrogens (tertiary/aromatic N) is 2. The lowest BCUT2D eigenvalue weighted by atomic mass is 10.1. The first-order valence-corrected chi connectivity index (χ1v) is 6.26. The lowest BCUT2D eigenvalue weighted by Gasteiger charge is -2.35. The van der Waals surface area contributed by atoms with E-state index in [9.17, 15) is 9.59 Å². The van der Waals surface area contributed by atoms with Crippen LogP contribution in [-0.2, 0) is 0 Å². The standard InChI is InChI=1S/C12H14BClN2O2/c13-12(18)16-7-5-15(6-8-16)10-3-1-9(2-4-10)11(14)17/h1-4H,5-8,13H2. The predicted octanol–water partition coefficient (Wildman–Crippen LogP) is 0.941. The Hall–Kier alpha value is -1.49. The van der Waals surface area contributed by atoms with E-state index in [1.165, 1.54) is 0 Å². The molecule has 0 unspecified atom stereocenters. The van der Waals surface area contributed by atoms with Gasteiger partial charge in [-0.25, -0.2) is 0 Å². The molecular formula is C12H14BClN2O2. The molecule has 1 heterocycles. The third-order valence-electron chi connectivity index (χ3n) is 3.18. The Morgan fingerprint density at radius 2 is 1.61 bits per heavy atom. The minimum atomic E-state index is -0.442. The number of rotatable bonds is 2. The molecule has 0 atom stereocenters. The van der Waals surface area contributed by atoms with E-state index in [0.717, 1.165) is 31.9 Å². The van der Waals surface area contributed by atoms with Crippen LogP contribution in [0.5, 0.6) is 0 Å². The topological polar surface area (TPSA) is 40.6 Å². The third-order valence-corrected chi connectivity index (χ3v) is 3.40. The van der Waals surface area contributed by atoms with Crippen LogP contribution in [0.2, 0.25) is 0 Å². The maximum atomic E-state index is 11.2. The van der Waals surface area contributed by atoms with E-state index in [-0.39, 0.29) is 5.81 Å². The van der Waals surface area contributed by atoms with Crippen LogP contribution >= 0.6 is 11.6 Å². The second kappa shape index (κ2) is 5.44. The molecule has 94 valence electrons. The fourth-order valence-corrected chi connectivity index (χ4v) is 2.21. The first kappa shape index (κ1) is 13.0. The van der Waals surface area contributed by atoms with Gasteiger partial charge in [-0.05, 0) is 35.9 Å². The quantitative estimate of drug-likeness (QED) is 0.590. The molecule has 0 spiro atoms. The van der Waals surface area contributed by atoms with Gasteiger partial charge in [0.25, 0.3) is 5.24 Å². The second-order valence-corrected chi connectivity index (χ2v) is 4.66. The summed E-state index contributed by atoms with van der Waals surface area (Å²) < 4.78 is 0. The normalized spacial score (nSPS) is 15.6. The molecule has 18 heavy (non-hydrogen) atoms. The Morgan fingerprint density at radius 1 is 1.06 bits per heavy atom. The van der Waals surface area contributed by atoms with Crippen molar-refractivity contribution in [1.29, 1.82) is 0 Å². The van der Waals surface area contributed by atoms with E-state index in [4.69, 9.17) is 11.6 Å². The van der Waals surface area contributed by atoms with E-state index in [1.807, 2.05) is 17.0 Å². The van der Waals surface area contributed by atoms with Crippen LogP contribution in [0.3, 0.4) is 0 Å². The van der Waals surface area contributed by atoms with E-state index >= 15 is 0 Å². The van der Waals surface area contributed by atoms with Gasteiger partial charge in [-0.15, -0.1) is 0 Å². The highest BCUT2D eigenvalue weighted by Gasteiger charge is 2.18. The molecule has 4 nitrogen and oxygen atoms in total. The zero-order valence-electron chi connectivity index (χ0n) is 10.2. The molecule has 6 heteroatoms. The van der Waals surface area contributed by atoms with Crippen LogP contribution in [0.15, 0.2) is 24.3 Å². The van der Waals surface area contributed by atoms with Gasteiger partial charge in [-0.2, -0.15) is 0 Å². The smallest absolute Gasteiger partial charge is 0.252 e. The van der Waals surface area contributed by atoms with Crippen LogP contribution in [-0.4, -0.2) is 50.0 Å². The van der Waals surface area contributed by atoms with Crippen molar-refractivity contribution in [1.82, 2.24) is 4.90 Å². The molecule has 0 aliphatic carbocycles. The van der Waals surface area contributed by atoms with E-state index in [2.05, 4.69) is 4.90 Å².